The smallest absolute Gasteiger partial charge is 0.176 e. The maximum absolute atomic E-state index is 5.30. The Morgan fingerprint density at radius 1 is 1.12 bits per heavy atom. The lowest BCUT2D eigenvalue weighted by Crippen LogP contribution is -2.36. The summed E-state index contributed by atoms with van der Waals surface area (Å²) in [6.45, 7) is 2.52. The Bertz CT molecular complexity index is 695. The molecule has 4 rings (SSSR count). The normalized spacial score (nSPS) is 21.9. The number of hydrogen-bond donors (Lipinski definition) is 0. The van der Waals surface area contributed by atoms with Gasteiger partial charge in [-0.05, 0) is 37.8 Å². The Balaban J connectivity index is 1.58. The van der Waals surface area contributed by atoms with Gasteiger partial charge in [-0.25, -0.2) is 14.6 Å². The molecule has 0 aromatic carbocycles. The summed E-state index contributed by atoms with van der Waals surface area (Å²) in [5, 5.41) is 4.84. The minimum atomic E-state index is 0.408. The molecular formula is C20H29N5O. The molecule has 0 radical (unpaired) electrons. The molecule has 0 spiro atoms. The zero-order valence-corrected chi connectivity index (χ0v) is 15.7. The van der Waals surface area contributed by atoms with Gasteiger partial charge < -0.3 is 9.64 Å². The third-order valence-corrected chi connectivity index (χ3v) is 5.66. The van der Waals surface area contributed by atoms with Crippen molar-refractivity contribution in [2.45, 2.75) is 63.5 Å². The molecule has 0 bridgehead atoms. The lowest BCUT2D eigenvalue weighted by atomic mass is 9.93. The Morgan fingerprint density at radius 2 is 2.00 bits per heavy atom. The zero-order valence-electron chi connectivity index (χ0n) is 15.7. The first-order chi connectivity index (χ1) is 12.8. The van der Waals surface area contributed by atoms with E-state index in [2.05, 4.69) is 26.7 Å². The minimum Gasteiger partial charge on any atom is -0.377 e. The van der Waals surface area contributed by atoms with Crippen LogP contribution in [-0.4, -0.2) is 39.9 Å². The number of aromatic nitrogens is 4. The summed E-state index contributed by atoms with van der Waals surface area (Å²) in [6.07, 6.45) is 10.6. The number of nitrogens with zero attached hydrogens (tertiary/aromatic N) is 5. The summed E-state index contributed by atoms with van der Waals surface area (Å²) in [5.74, 6) is 3.46. The molecule has 2 fully saturated rings. The van der Waals surface area contributed by atoms with Crippen molar-refractivity contribution in [1.29, 1.82) is 0 Å². The molecule has 2 aromatic heterocycles. The van der Waals surface area contributed by atoms with Crippen LogP contribution in [-0.2, 0) is 11.3 Å². The van der Waals surface area contributed by atoms with Crippen molar-refractivity contribution in [3.63, 3.8) is 0 Å². The number of anilines is 1. The molecule has 1 atom stereocenters. The molecule has 1 aliphatic heterocycles. The molecule has 1 saturated carbocycles. The Hall–Kier alpha value is -1.95. The maximum Gasteiger partial charge on any atom is 0.176 e. The fraction of sp³-hybridized carbons (Fsp3) is 0.650. The van der Waals surface area contributed by atoms with Crippen molar-refractivity contribution < 1.29 is 4.74 Å². The second kappa shape index (κ2) is 8.16. The van der Waals surface area contributed by atoms with E-state index in [-0.39, 0.29) is 0 Å². The summed E-state index contributed by atoms with van der Waals surface area (Å²) >= 11 is 0. The van der Waals surface area contributed by atoms with Gasteiger partial charge in [-0.1, -0.05) is 25.3 Å². The van der Waals surface area contributed by atoms with Crippen molar-refractivity contribution in [3.8, 4) is 0 Å². The first kappa shape index (κ1) is 17.5. The maximum atomic E-state index is 5.30. The number of pyridine rings is 1. The highest BCUT2D eigenvalue weighted by atomic mass is 16.5. The summed E-state index contributed by atoms with van der Waals surface area (Å²) < 4.78 is 7.55. The van der Waals surface area contributed by atoms with Gasteiger partial charge in [0.05, 0.1) is 6.04 Å². The molecular weight excluding hydrogens is 326 g/mol. The molecule has 2 aliphatic rings. The van der Waals surface area contributed by atoms with Crippen LogP contribution in [0.5, 0.6) is 0 Å². The van der Waals surface area contributed by atoms with E-state index in [9.17, 15) is 0 Å². The van der Waals surface area contributed by atoms with E-state index in [0.29, 0.717) is 18.6 Å². The second-order valence-corrected chi connectivity index (χ2v) is 7.53. The van der Waals surface area contributed by atoms with Gasteiger partial charge in [-0.15, -0.1) is 0 Å². The number of methoxy groups -OCH3 is 1. The van der Waals surface area contributed by atoms with Gasteiger partial charge in [0.25, 0.3) is 0 Å². The first-order valence-electron chi connectivity index (χ1n) is 9.95. The first-order valence-corrected chi connectivity index (χ1v) is 9.95. The van der Waals surface area contributed by atoms with Crippen LogP contribution in [0.25, 0.3) is 0 Å². The van der Waals surface area contributed by atoms with Crippen molar-refractivity contribution in [2.75, 3.05) is 25.1 Å². The van der Waals surface area contributed by atoms with Crippen molar-refractivity contribution in [3.05, 3.63) is 36.0 Å². The summed E-state index contributed by atoms with van der Waals surface area (Å²) in [5.41, 5.74) is 0. The highest BCUT2D eigenvalue weighted by molar-refractivity contribution is 5.39. The summed E-state index contributed by atoms with van der Waals surface area (Å²) in [7, 11) is 1.71. The largest absolute Gasteiger partial charge is 0.377 e. The van der Waals surface area contributed by atoms with Gasteiger partial charge >= 0.3 is 0 Å². The van der Waals surface area contributed by atoms with Gasteiger partial charge in [-0.2, -0.15) is 5.10 Å². The standard InChI is InChI=1S/C20H29N5O/c1-26-15-18-22-20(25(23-18)17-9-3-2-4-10-17)16-8-7-13-24(14-16)19-11-5-6-12-21-19/h5-6,11-12,16-17H,2-4,7-10,13-15H2,1H3/t16-/m0/s1. The molecule has 2 aromatic rings. The van der Waals surface area contributed by atoms with Crippen molar-refractivity contribution in [1.82, 2.24) is 19.7 Å². The quantitative estimate of drug-likeness (QED) is 0.818. The van der Waals surface area contributed by atoms with Crippen LogP contribution in [0.15, 0.2) is 24.4 Å². The molecule has 26 heavy (non-hydrogen) atoms. The predicted octanol–water partition coefficient (Wildman–Crippen LogP) is 3.71. The molecule has 3 heterocycles. The lowest BCUT2D eigenvalue weighted by molar-refractivity contribution is 0.176. The number of rotatable bonds is 5. The summed E-state index contributed by atoms with van der Waals surface area (Å²) in [6, 6.07) is 6.64. The summed E-state index contributed by atoms with van der Waals surface area (Å²) in [4.78, 5) is 11.8. The predicted molar refractivity (Wildman–Crippen MR) is 101 cm³/mol. The topological polar surface area (TPSA) is 56.1 Å². The highest BCUT2D eigenvalue weighted by Crippen LogP contribution is 2.33. The van der Waals surface area contributed by atoms with E-state index in [1.165, 1.54) is 44.9 Å². The Labute approximate surface area is 155 Å². The molecule has 1 aliphatic carbocycles. The highest BCUT2D eigenvalue weighted by Gasteiger charge is 2.29. The van der Waals surface area contributed by atoms with Crippen LogP contribution in [0.4, 0.5) is 5.82 Å². The van der Waals surface area contributed by atoms with Gasteiger partial charge in [0, 0.05) is 32.3 Å². The molecule has 140 valence electrons. The average Bonchev–Trinajstić information content (AvgIpc) is 3.14. The molecule has 1 saturated heterocycles. The Morgan fingerprint density at radius 3 is 2.77 bits per heavy atom. The fourth-order valence-electron chi connectivity index (χ4n) is 4.38. The van der Waals surface area contributed by atoms with E-state index in [0.717, 1.165) is 30.6 Å². The average molecular weight is 355 g/mol. The monoisotopic (exact) mass is 355 g/mol. The van der Waals surface area contributed by atoms with E-state index in [1.54, 1.807) is 7.11 Å². The third kappa shape index (κ3) is 3.75. The van der Waals surface area contributed by atoms with Crippen LogP contribution in [0.3, 0.4) is 0 Å². The Kier molecular flexibility index (Phi) is 5.48. The molecule has 6 nitrogen and oxygen atoms in total. The van der Waals surface area contributed by atoms with Crippen LogP contribution < -0.4 is 4.90 Å². The van der Waals surface area contributed by atoms with Crippen LogP contribution in [0, 0.1) is 0 Å². The number of hydrogen-bond acceptors (Lipinski definition) is 5. The molecule has 6 heteroatoms. The zero-order chi connectivity index (χ0) is 17.8. The van der Waals surface area contributed by atoms with E-state index in [1.807, 2.05) is 12.3 Å². The number of ether oxygens (including phenoxy) is 1. The fourth-order valence-corrected chi connectivity index (χ4v) is 4.38. The van der Waals surface area contributed by atoms with E-state index in [4.69, 9.17) is 14.8 Å². The van der Waals surface area contributed by atoms with Crippen molar-refractivity contribution in [2.24, 2.45) is 0 Å². The van der Waals surface area contributed by atoms with Gasteiger partial charge in [0.2, 0.25) is 0 Å². The molecule has 0 unspecified atom stereocenters. The minimum absolute atomic E-state index is 0.408. The van der Waals surface area contributed by atoms with Crippen LogP contribution in [0.2, 0.25) is 0 Å². The third-order valence-electron chi connectivity index (χ3n) is 5.66. The molecule has 0 amide bonds. The van der Waals surface area contributed by atoms with Gasteiger partial charge in [0.15, 0.2) is 5.82 Å². The van der Waals surface area contributed by atoms with Crippen molar-refractivity contribution >= 4 is 5.82 Å². The van der Waals surface area contributed by atoms with E-state index >= 15 is 0 Å². The van der Waals surface area contributed by atoms with Crippen LogP contribution in [0.1, 0.15) is 68.6 Å². The second-order valence-electron chi connectivity index (χ2n) is 7.53. The SMILES string of the molecule is COCc1nc([C@H]2CCCN(c3ccccn3)C2)n(C2CCCCC2)n1. The van der Waals surface area contributed by atoms with Crippen LogP contribution >= 0.6 is 0 Å². The molecule has 0 N–H and O–H groups in total. The van der Waals surface area contributed by atoms with Gasteiger partial charge in [0.1, 0.15) is 18.2 Å². The number of piperidine rings is 1. The van der Waals surface area contributed by atoms with E-state index < -0.39 is 0 Å². The lowest BCUT2D eigenvalue weighted by Gasteiger charge is -2.34. The van der Waals surface area contributed by atoms with Gasteiger partial charge in [-0.3, -0.25) is 0 Å².